The fourth-order valence-electron chi connectivity index (χ4n) is 2.08. The average molecular weight is 195 g/mol. The molecule has 1 nitrogen and oxygen atoms in total. The molecule has 0 aromatic carbocycles. The average Bonchev–Trinajstić information content (AvgIpc) is 2.38. The Labute approximate surface area is 84.2 Å². The lowest BCUT2D eigenvalue weighted by Crippen LogP contribution is -2.06. The lowest BCUT2D eigenvalue weighted by atomic mass is 10.1. The molecule has 13 heavy (non-hydrogen) atoms. The number of fused-ring (bicyclic) bond motifs is 1. The maximum absolute atomic E-state index is 3.25. The van der Waals surface area contributed by atoms with Crippen molar-refractivity contribution in [2.45, 2.75) is 38.6 Å². The number of rotatable bonds is 2. The third-order valence-corrected chi connectivity index (χ3v) is 3.90. The molecule has 0 fully saturated rings. The topological polar surface area (TPSA) is 12.0 Å². The van der Waals surface area contributed by atoms with Crippen molar-refractivity contribution in [1.29, 1.82) is 0 Å². The molecule has 1 aromatic rings. The number of nitrogens with one attached hydrogen (secondary N) is 1. The van der Waals surface area contributed by atoms with Crippen LogP contribution in [0, 0.1) is 0 Å². The first-order valence-corrected chi connectivity index (χ1v) is 6.02. The van der Waals surface area contributed by atoms with Gasteiger partial charge in [-0.15, -0.1) is 11.3 Å². The quantitative estimate of drug-likeness (QED) is 0.716. The van der Waals surface area contributed by atoms with Crippen LogP contribution in [0.3, 0.4) is 0 Å². The van der Waals surface area contributed by atoms with E-state index in [0.29, 0.717) is 0 Å². The molecule has 2 heteroatoms. The Hall–Kier alpha value is -0.340. The molecule has 0 bridgehead atoms. The van der Waals surface area contributed by atoms with Crippen molar-refractivity contribution >= 4 is 11.3 Å². The highest BCUT2D eigenvalue weighted by Crippen LogP contribution is 2.29. The molecular formula is C11H17NS. The largest absolute Gasteiger partial charge is 0.316 e. The van der Waals surface area contributed by atoms with Gasteiger partial charge in [0.1, 0.15) is 0 Å². The van der Waals surface area contributed by atoms with Crippen LogP contribution in [0.1, 0.15) is 35.3 Å². The summed E-state index contributed by atoms with van der Waals surface area (Å²) in [7, 11) is 2.03. The summed E-state index contributed by atoms with van der Waals surface area (Å²) in [4.78, 5) is 1.66. The molecule has 1 aliphatic carbocycles. The van der Waals surface area contributed by atoms with Crippen molar-refractivity contribution < 1.29 is 0 Å². The van der Waals surface area contributed by atoms with Gasteiger partial charge in [0.05, 0.1) is 0 Å². The lowest BCUT2D eigenvalue weighted by Gasteiger charge is -2.02. The molecule has 0 atom stereocenters. The summed E-state index contributed by atoms with van der Waals surface area (Å²) in [6.45, 7) is 1.05. The Morgan fingerprint density at radius 3 is 3.00 bits per heavy atom. The summed E-state index contributed by atoms with van der Waals surface area (Å²) in [6.07, 6.45) is 6.84. The minimum absolute atomic E-state index is 1.05. The number of thiophene rings is 1. The molecule has 2 rings (SSSR count). The zero-order chi connectivity index (χ0) is 9.10. The Bertz CT molecular complexity index is 278. The Kier molecular flexibility index (Phi) is 3.01. The minimum Gasteiger partial charge on any atom is -0.316 e. The first-order valence-electron chi connectivity index (χ1n) is 5.14. The van der Waals surface area contributed by atoms with Gasteiger partial charge < -0.3 is 5.32 Å². The molecule has 1 aromatic heterocycles. The van der Waals surface area contributed by atoms with E-state index >= 15 is 0 Å². The molecule has 1 aliphatic rings. The first-order chi connectivity index (χ1) is 6.42. The standard InChI is InChI=1S/C11H17NS/c1-12-7-9-8-13-11-6-4-2-3-5-10(9)11/h8,12H,2-7H2,1H3. The summed E-state index contributed by atoms with van der Waals surface area (Å²) in [6, 6.07) is 0. The lowest BCUT2D eigenvalue weighted by molar-refractivity contribution is 0.709. The van der Waals surface area contributed by atoms with Gasteiger partial charge in [0.25, 0.3) is 0 Å². The van der Waals surface area contributed by atoms with Gasteiger partial charge in [0.15, 0.2) is 0 Å². The molecule has 0 unspecified atom stereocenters. The number of hydrogen-bond acceptors (Lipinski definition) is 2. The van der Waals surface area contributed by atoms with E-state index in [4.69, 9.17) is 0 Å². The van der Waals surface area contributed by atoms with Crippen molar-refractivity contribution in [2.24, 2.45) is 0 Å². The monoisotopic (exact) mass is 195 g/mol. The normalized spacial score (nSPS) is 16.7. The van der Waals surface area contributed by atoms with E-state index in [1.165, 1.54) is 32.1 Å². The van der Waals surface area contributed by atoms with E-state index in [9.17, 15) is 0 Å². The van der Waals surface area contributed by atoms with E-state index in [0.717, 1.165) is 6.54 Å². The minimum atomic E-state index is 1.05. The van der Waals surface area contributed by atoms with Gasteiger partial charge >= 0.3 is 0 Å². The second kappa shape index (κ2) is 4.25. The van der Waals surface area contributed by atoms with Crippen molar-refractivity contribution in [3.8, 4) is 0 Å². The third-order valence-electron chi connectivity index (χ3n) is 2.77. The van der Waals surface area contributed by atoms with Gasteiger partial charge in [-0.3, -0.25) is 0 Å². The van der Waals surface area contributed by atoms with E-state index in [1.807, 2.05) is 18.4 Å². The third kappa shape index (κ3) is 1.94. The molecule has 72 valence electrons. The smallest absolute Gasteiger partial charge is 0.0213 e. The van der Waals surface area contributed by atoms with Gasteiger partial charge in [-0.1, -0.05) is 6.42 Å². The maximum Gasteiger partial charge on any atom is 0.0213 e. The van der Waals surface area contributed by atoms with E-state index in [1.54, 1.807) is 16.0 Å². The summed E-state index contributed by atoms with van der Waals surface area (Å²) >= 11 is 1.97. The van der Waals surface area contributed by atoms with E-state index < -0.39 is 0 Å². The molecule has 0 radical (unpaired) electrons. The maximum atomic E-state index is 3.25. The second-order valence-corrected chi connectivity index (χ2v) is 4.72. The molecule has 0 saturated carbocycles. The molecule has 0 saturated heterocycles. The van der Waals surface area contributed by atoms with E-state index in [2.05, 4.69) is 10.7 Å². The van der Waals surface area contributed by atoms with Crippen LogP contribution in [0.5, 0.6) is 0 Å². The van der Waals surface area contributed by atoms with Gasteiger partial charge in [-0.2, -0.15) is 0 Å². The van der Waals surface area contributed by atoms with Crippen LogP contribution in [-0.4, -0.2) is 7.05 Å². The van der Waals surface area contributed by atoms with E-state index in [-0.39, 0.29) is 0 Å². The molecule has 1 heterocycles. The highest BCUT2D eigenvalue weighted by molar-refractivity contribution is 7.10. The van der Waals surface area contributed by atoms with Crippen LogP contribution < -0.4 is 5.32 Å². The van der Waals surface area contributed by atoms with Crippen molar-refractivity contribution in [2.75, 3.05) is 7.05 Å². The highest BCUT2D eigenvalue weighted by atomic mass is 32.1. The molecule has 1 N–H and O–H groups in total. The van der Waals surface area contributed by atoms with Crippen LogP contribution in [0.15, 0.2) is 5.38 Å². The van der Waals surface area contributed by atoms with Crippen molar-refractivity contribution in [1.82, 2.24) is 5.32 Å². The molecular weight excluding hydrogens is 178 g/mol. The van der Waals surface area contributed by atoms with Crippen LogP contribution in [-0.2, 0) is 19.4 Å². The summed E-state index contributed by atoms with van der Waals surface area (Å²) in [5, 5.41) is 5.59. The Balaban J connectivity index is 2.23. The Morgan fingerprint density at radius 2 is 2.15 bits per heavy atom. The zero-order valence-electron chi connectivity index (χ0n) is 8.23. The predicted molar refractivity (Wildman–Crippen MR) is 58.3 cm³/mol. The number of hydrogen-bond donors (Lipinski definition) is 1. The van der Waals surface area contributed by atoms with Gasteiger partial charge in [-0.05, 0) is 49.2 Å². The summed E-state index contributed by atoms with van der Waals surface area (Å²) in [5.41, 5.74) is 3.21. The van der Waals surface area contributed by atoms with Crippen molar-refractivity contribution in [3.05, 3.63) is 21.4 Å². The predicted octanol–water partition coefficient (Wildman–Crippen LogP) is 2.74. The number of aryl methyl sites for hydroxylation is 1. The Morgan fingerprint density at radius 1 is 1.31 bits per heavy atom. The van der Waals surface area contributed by atoms with Crippen LogP contribution >= 0.6 is 11.3 Å². The van der Waals surface area contributed by atoms with Crippen LogP contribution in [0.4, 0.5) is 0 Å². The van der Waals surface area contributed by atoms with Gasteiger partial charge in [0, 0.05) is 11.4 Å². The van der Waals surface area contributed by atoms with Crippen molar-refractivity contribution in [3.63, 3.8) is 0 Å². The zero-order valence-corrected chi connectivity index (χ0v) is 9.04. The molecule has 0 amide bonds. The molecule has 0 spiro atoms. The first kappa shape index (κ1) is 9.22. The second-order valence-electron chi connectivity index (χ2n) is 3.75. The van der Waals surface area contributed by atoms with Gasteiger partial charge in [0.2, 0.25) is 0 Å². The SMILES string of the molecule is CNCc1csc2c1CCCCC2. The molecule has 0 aliphatic heterocycles. The highest BCUT2D eigenvalue weighted by Gasteiger charge is 2.13. The summed E-state index contributed by atoms with van der Waals surface area (Å²) in [5.74, 6) is 0. The summed E-state index contributed by atoms with van der Waals surface area (Å²) < 4.78 is 0. The fourth-order valence-corrected chi connectivity index (χ4v) is 3.22. The fraction of sp³-hybridized carbons (Fsp3) is 0.636. The van der Waals surface area contributed by atoms with Crippen LogP contribution in [0.25, 0.3) is 0 Å². The van der Waals surface area contributed by atoms with Gasteiger partial charge in [-0.25, -0.2) is 0 Å². The van der Waals surface area contributed by atoms with Crippen LogP contribution in [0.2, 0.25) is 0 Å².